The van der Waals surface area contributed by atoms with Crippen LogP contribution < -0.4 is 5.73 Å². The Hall–Kier alpha value is -0.280. The molecule has 0 aliphatic rings. The van der Waals surface area contributed by atoms with Gasteiger partial charge in [0, 0.05) is 0 Å². The third-order valence-electron chi connectivity index (χ3n) is 1.13. The average Bonchev–Trinajstić information content (AvgIpc) is 1.82. The van der Waals surface area contributed by atoms with Gasteiger partial charge in [-0.2, -0.15) is 0 Å². The first-order valence-electron chi connectivity index (χ1n) is 2.69. The molecule has 0 bridgehead atoms. The SMILES string of the molecule is Cc1cc(Cl)nc(N)c1Br. The summed E-state index contributed by atoms with van der Waals surface area (Å²) >= 11 is 8.88. The van der Waals surface area contributed by atoms with Crippen LogP contribution in [-0.2, 0) is 0 Å². The summed E-state index contributed by atoms with van der Waals surface area (Å²) < 4.78 is 0.817. The van der Waals surface area contributed by atoms with E-state index in [1.165, 1.54) is 0 Å². The van der Waals surface area contributed by atoms with Gasteiger partial charge in [0.2, 0.25) is 0 Å². The van der Waals surface area contributed by atoms with E-state index >= 15 is 0 Å². The van der Waals surface area contributed by atoms with Gasteiger partial charge in [0.1, 0.15) is 11.0 Å². The number of hydrogen-bond donors (Lipinski definition) is 1. The van der Waals surface area contributed by atoms with Crippen molar-refractivity contribution in [3.63, 3.8) is 0 Å². The van der Waals surface area contributed by atoms with E-state index in [0.29, 0.717) is 11.0 Å². The van der Waals surface area contributed by atoms with Crippen molar-refractivity contribution in [3.05, 3.63) is 21.3 Å². The summed E-state index contributed by atoms with van der Waals surface area (Å²) in [5.74, 6) is 0.435. The first-order valence-corrected chi connectivity index (χ1v) is 3.86. The highest BCUT2D eigenvalue weighted by Crippen LogP contribution is 2.23. The fraction of sp³-hybridized carbons (Fsp3) is 0.167. The van der Waals surface area contributed by atoms with Crippen LogP contribution in [0.4, 0.5) is 5.82 Å². The lowest BCUT2D eigenvalue weighted by Crippen LogP contribution is -1.93. The molecule has 1 heterocycles. The molecule has 1 rings (SSSR count). The first-order chi connectivity index (χ1) is 4.61. The van der Waals surface area contributed by atoms with Crippen molar-refractivity contribution in [2.24, 2.45) is 0 Å². The lowest BCUT2D eigenvalue weighted by molar-refractivity contribution is 1.27. The maximum absolute atomic E-state index is 5.61. The van der Waals surface area contributed by atoms with Crippen LogP contribution in [0.3, 0.4) is 0 Å². The van der Waals surface area contributed by atoms with E-state index < -0.39 is 0 Å². The Morgan fingerprint density at radius 2 is 2.30 bits per heavy atom. The Balaban J connectivity index is 3.31. The molecule has 10 heavy (non-hydrogen) atoms. The average molecular weight is 221 g/mol. The number of rotatable bonds is 0. The van der Waals surface area contributed by atoms with Crippen LogP contribution in [0.15, 0.2) is 10.5 Å². The van der Waals surface area contributed by atoms with Crippen molar-refractivity contribution in [1.82, 2.24) is 4.98 Å². The molecule has 0 spiro atoms. The summed E-state index contributed by atoms with van der Waals surface area (Å²) in [4.78, 5) is 3.83. The smallest absolute Gasteiger partial charge is 0.139 e. The van der Waals surface area contributed by atoms with Crippen LogP contribution in [0, 0.1) is 6.92 Å². The molecule has 0 atom stereocenters. The Bertz CT molecular complexity index is 239. The van der Waals surface area contributed by atoms with Gasteiger partial charge in [-0.25, -0.2) is 4.98 Å². The first kappa shape index (κ1) is 7.82. The van der Waals surface area contributed by atoms with Crippen LogP contribution in [0.25, 0.3) is 0 Å². The molecule has 0 unspecified atom stereocenters. The van der Waals surface area contributed by atoms with E-state index in [4.69, 9.17) is 17.3 Å². The monoisotopic (exact) mass is 220 g/mol. The van der Waals surface area contributed by atoms with Crippen molar-refractivity contribution in [1.29, 1.82) is 0 Å². The number of nitrogens with two attached hydrogens (primary N) is 1. The molecule has 0 aromatic carbocycles. The van der Waals surface area contributed by atoms with Gasteiger partial charge in [0.25, 0.3) is 0 Å². The minimum absolute atomic E-state index is 0.429. The molecular formula is C6H6BrClN2. The third kappa shape index (κ3) is 1.41. The normalized spacial score (nSPS) is 9.90. The van der Waals surface area contributed by atoms with Crippen molar-refractivity contribution in [2.45, 2.75) is 6.92 Å². The molecule has 4 heteroatoms. The minimum atomic E-state index is 0.429. The molecule has 2 N–H and O–H groups in total. The van der Waals surface area contributed by atoms with E-state index in [1.807, 2.05) is 6.92 Å². The van der Waals surface area contributed by atoms with Gasteiger partial charge in [-0.1, -0.05) is 11.6 Å². The summed E-state index contributed by atoms with van der Waals surface area (Å²) in [7, 11) is 0. The number of pyridine rings is 1. The van der Waals surface area contributed by atoms with E-state index in [2.05, 4.69) is 20.9 Å². The molecule has 0 radical (unpaired) electrons. The number of aromatic nitrogens is 1. The molecule has 2 nitrogen and oxygen atoms in total. The van der Waals surface area contributed by atoms with Crippen molar-refractivity contribution in [2.75, 3.05) is 5.73 Å². The van der Waals surface area contributed by atoms with E-state index in [9.17, 15) is 0 Å². The summed E-state index contributed by atoms with van der Waals surface area (Å²) in [6, 6.07) is 1.75. The Labute approximate surface area is 72.5 Å². The summed E-state index contributed by atoms with van der Waals surface area (Å²) in [6.07, 6.45) is 0. The van der Waals surface area contributed by atoms with Gasteiger partial charge < -0.3 is 5.73 Å². The molecule has 0 fully saturated rings. The van der Waals surface area contributed by atoms with Crippen LogP contribution >= 0.6 is 27.5 Å². The lowest BCUT2D eigenvalue weighted by Gasteiger charge is -2.00. The molecule has 0 aliphatic carbocycles. The quantitative estimate of drug-likeness (QED) is 0.683. The van der Waals surface area contributed by atoms with Crippen molar-refractivity contribution in [3.8, 4) is 0 Å². The van der Waals surface area contributed by atoms with Crippen molar-refractivity contribution < 1.29 is 0 Å². The predicted molar refractivity (Wildman–Crippen MR) is 46.1 cm³/mol. The standard InChI is InChI=1S/C6H6BrClN2/c1-3-2-4(8)10-6(9)5(3)7/h2H,1H3,(H2,9,10). The molecule has 0 amide bonds. The molecule has 54 valence electrons. The zero-order valence-corrected chi connectivity index (χ0v) is 7.70. The largest absolute Gasteiger partial charge is 0.383 e. The maximum atomic E-state index is 5.61. The minimum Gasteiger partial charge on any atom is -0.383 e. The van der Waals surface area contributed by atoms with Crippen LogP contribution in [0.1, 0.15) is 5.56 Å². The van der Waals surface area contributed by atoms with Crippen LogP contribution in [-0.4, -0.2) is 4.98 Å². The number of hydrogen-bond acceptors (Lipinski definition) is 2. The number of nitrogen functional groups attached to an aromatic ring is 1. The van der Waals surface area contributed by atoms with Gasteiger partial charge in [-0.15, -0.1) is 0 Å². The van der Waals surface area contributed by atoms with E-state index in [1.54, 1.807) is 6.07 Å². The Kier molecular flexibility index (Phi) is 2.16. The Morgan fingerprint density at radius 3 is 2.80 bits per heavy atom. The zero-order valence-electron chi connectivity index (χ0n) is 5.36. The van der Waals surface area contributed by atoms with Crippen molar-refractivity contribution >= 4 is 33.3 Å². The zero-order chi connectivity index (χ0) is 7.72. The number of nitrogens with zero attached hydrogens (tertiary/aromatic N) is 1. The van der Waals surface area contributed by atoms with Gasteiger partial charge in [-0.3, -0.25) is 0 Å². The number of halogens is 2. The fourth-order valence-corrected chi connectivity index (χ4v) is 1.10. The van der Waals surface area contributed by atoms with E-state index in [-0.39, 0.29) is 0 Å². The number of aryl methyl sites for hydroxylation is 1. The molecule has 0 saturated heterocycles. The van der Waals surface area contributed by atoms with Crippen LogP contribution in [0.5, 0.6) is 0 Å². The predicted octanol–water partition coefficient (Wildman–Crippen LogP) is 2.39. The summed E-state index contributed by atoms with van der Waals surface area (Å²) in [6.45, 7) is 1.91. The second-order valence-corrected chi connectivity index (χ2v) is 3.14. The molecule has 0 aliphatic heterocycles. The fourth-order valence-electron chi connectivity index (χ4n) is 0.640. The molecule has 1 aromatic heterocycles. The van der Waals surface area contributed by atoms with Gasteiger partial charge in [0.05, 0.1) is 4.47 Å². The maximum Gasteiger partial charge on any atom is 0.139 e. The number of anilines is 1. The molecule has 0 saturated carbocycles. The van der Waals surface area contributed by atoms with Crippen LogP contribution in [0.2, 0.25) is 5.15 Å². The second-order valence-electron chi connectivity index (χ2n) is 1.96. The van der Waals surface area contributed by atoms with Gasteiger partial charge in [0.15, 0.2) is 0 Å². The lowest BCUT2D eigenvalue weighted by atomic mass is 10.3. The molecule has 1 aromatic rings. The molecular weight excluding hydrogens is 215 g/mol. The van der Waals surface area contributed by atoms with Gasteiger partial charge >= 0.3 is 0 Å². The highest BCUT2D eigenvalue weighted by Gasteiger charge is 2.01. The van der Waals surface area contributed by atoms with E-state index in [0.717, 1.165) is 10.0 Å². The van der Waals surface area contributed by atoms with Gasteiger partial charge in [-0.05, 0) is 34.5 Å². The summed E-state index contributed by atoms with van der Waals surface area (Å²) in [5.41, 5.74) is 6.48. The highest BCUT2D eigenvalue weighted by molar-refractivity contribution is 9.10. The third-order valence-corrected chi connectivity index (χ3v) is 2.36. The highest BCUT2D eigenvalue weighted by atomic mass is 79.9. The second kappa shape index (κ2) is 2.76. The topological polar surface area (TPSA) is 38.9 Å². The summed E-state index contributed by atoms with van der Waals surface area (Å²) in [5, 5.41) is 0.429. The Morgan fingerprint density at radius 1 is 1.70 bits per heavy atom.